The lowest BCUT2D eigenvalue weighted by molar-refractivity contribution is 1.19. The molecule has 2 nitrogen and oxygen atoms in total. The lowest BCUT2D eigenvalue weighted by Crippen LogP contribution is -1.80. The summed E-state index contributed by atoms with van der Waals surface area (Å²) >= 11 is 7.40. The first-order valence-corrected chi connectivity index (χ1v) is 5.59. The summed E-state index contributed by atoms with van der Waals surface area (Å²) in [4.78, 5) is 7.66. The van der Waals surface area contributed by atoms with Crippen LogP contribution < -0.4 is 0 Å². The Labute approximate surface area is 97.0 Å². The minimum atomic E-state index is 0.352. The molecule has 1 heterocycles. The second-order valence-electron chi connectivity index (χ2n) is 2.95. The smallest absolute Gasteiger partial charge is 0.265 e. The van der Waals surface area contributed by atoms with Crippen molar-refractivity contribution in [3.8, 4) is 11.3 Å². The Hall–Kier alpha value is -1.37. The van der Waals surface area contributed by atoms with E-state index in [0.29, 0.717) is 11.6 Å². The lowest BCUT2D eigenvalue weighted by Gasteiger charge is -1.95. The van der Waals surface area contributed by atoms with Gasteiger partial charge >= 0.3 is 0 Å². The van der Waals surface area contributed by atoms with Crippen molar-refractivity contribution in [2.24, 2.45) is 0 Å². The van der Waals surface area contributed by atoms with Gasteiger partial charge in [-0.05, 0) is 12.1 Å². The van der Waals surface area contributed by atoms with Crippen LogP contribution in [0, 0.1) is 6.57 Å². The van der Waals surface area contributed by atoms with Crippen LogP contribution in [0.15, 0.2) is 29.6 Å². The lowest BCUT2D eigenvalue weighted by atomic mass is 10.2. The number of thiazole rings is 1. The summed E-state index contributed by atoms with van der Waals surface area (Å²) in [5.74, 6) is 0. The van der Waals surface area contributed by atoms with Crippen LogP contribution >= 0.6 is 22.9 Å². The third-order valence-electron chi connectivity index (χ3n) is 1.89. The van der Waals surface area contributed by atoms with Crippen molar-refractivity contribution in [3.05, 3.63) is 51.1 Å². The van der Waals surface area contributed by atoms with Crippen molar-refractivity contribution in [1.82, 2.24) is 4.98 Å². The average molecular weight is 235 g/mol. The van der Waals surface area contributed by atoms with Gasteiger partial charge in [-0.2, -0.15) is 0 Å². The standard InChI is InChI=1S/C11H7ClN2S/c1-13-6-11-14-10(7-15-11)8-3-2-4-9(12)5-8/h2-5,7H,6H2. The van der Waals surface area contributed by atoms with Gasteiger partial charge in [0.05, 0.1) is 5.69 Å². The third-order valence-corrected chi connectivity index (χ3v) is 2.96. The van der Waals surface area contributed by atoms with E-state index < -0.39 is 0 Å². The van der Waals surface area contributed by atoms with Crippen LogP contribution in [0.25, 0.3) is 16.1 Å². The van der Waals surface area contributed by atoms with E-state index in [-0.39, 0.29) is 0 Å². The fourth-order valence-corrected chi connectivity index (χ4v) is 2.15. The fraction of sp³-hybridized carbons (Fsp3) is 0.0909. The van der Waals surface area contributed by atoms with Gasteiger partial charge in [-0.1, -0.05) is 23.7 Å². The SMILES string of the molecule is [C-]#[N+]Cc1nc(-c2cccc(Cl)c2)cs1. The summed E-state index contributed by atoms with van der Waals surface area (Å²) in [6, 6.07) is 7.56. The van der Waals surface area contributed by atoms with E-state index in [2.05, 4.69) is 9.83 Å². The van der Waals surface area contributed by atoms with Crippen molar-refractivity contribution in [3.63, 3.8) is 0 Å². The molecule has 4 heteroatoms. The highest BCUT2D eigenvalue weighted by molar-refractivity contribution is 7.09. The molecule has 0 aliphatic carbocycles. The molecule has 0 spiro atoms. The first-order valence-electron chi connectivity index (χ1n) is 4.33. The molecule has 0 atom stereocenters. The second kappa shape index (κ2) is 4.43. The fourth-order valence-electron chi connectivity index (χ4n) is 1.23. The molecule has 0 unspecified atom stereocenters. The molecule has 0 N–H and O–H groups in total. The number of nitrogens with zero attached hydrogens (tertiary/aromatic N) is 2. The maximum Gasteiger partial charge on any atom is 0.265 e. The maximum absolute atomic E-state index is 6.76. The largest absolute Gasteiger partial charge is 0.309 e. The maximum atomic E-state index is 6.76. The Morgan fingerprint density at radius 3 is 3.07 bits per heavy atom. The van der Waals surface area contributed by atoms with Crippen molar-refractivity contribution >= 4 is 22.9 Å². The first kappa shape index (κ1) is 10.2. The van der Waals surface area contributed by atoms with E-state index in [1.54, 1.807) is 0 Å². The minimum Gasteiger partial charge on any atom is -0.309 e. The van der Waals surface area contributed by atoms with Crippen LogP contribution in [-0.2, 0) is 6.54 Å². The summed E-state index contributed by atoms with van der Waals surface area (Å²) in [7, 11) is 0. The van der Waals surface area contributed by atoms with Gasteiger partial charge in [-0.15, -0.1) is 11.3 Å². The molecule has 0 saturated heterocycles. The van der Waals surface area contributed by atoms with Gasteiger partial charge in [-0.3, -0.25) is 0 Å². The topological polar surface area (TPSA) is 17.2 Å². The number of rotatable bonds is 2. The molecule has 2 aromatic rings. The monoisotopic (exact) mass is 234 g/mol. The van der Waals surface area contributed by atoms with E-state index >= 15 is 0 Å². The molecule has 15 heavy (non-hydrogen) atoms. The van der Waals surface area contributed by atoms with E-state index in [1.807, 2.05) is 29.6 Å². The summed E-state index contributed by atoms with van der Waals surface area (Å²) < 4.78 is 0. The van der Waals surface area contributed by atoms with Gasteiger partial charge in [0.15, 0.2) is 5.01 Å². The minimum absolute atomic E-state index is 0.352. The number of benzene rings is 1. The molecule has 0 aliphatic rings. The van der Waals surface area contributed by atoms with Gasteiger partial charge in [0.25, 0.3) is 6.54 Å². The molecular weight excluding hydrogens is 228 g/mol. The number of aromatic nitrogens is 1. The second-order valence-corrected chi connectivity index (χ2v) is 4.33. The van der Waals surface area contributed by atoms with Crippen molar-refractivity contribution in [2.75, 3.05) is 0 Å². The molecule has 1 aromatic carbocycles. The third kappa shape index (κ3) is 2.35. The van der Waals surface area contributed by atoms with Crippen LogP contribution in [0.1, 0.15) is 5.01 Å². The van der Waals surface area contributed by atoms with Crippen molar-refractivity contribution in [2.45, 2.75) is 6.54 Å². The number of halogens is 1. The van der Waals surface area contributed by atoms with E-state index in [0.717, 1.165) is 16.3 Å². The van der Waals surface area contributed by atoms with Crippen LogP contribution in [0.5, 0.6) is 0 Å². The molecule has 0 fully saturated rings. The van der Waals surface area contributed by atoms with Crippen molar-refractivity contribution < 1.29 is 0 Å². The normalized spacial score (nSPS) is 9.87. The molecule has 2 rings (SSSR count). The number of hydrogen-bond donors (Lipinski definition) is 0. The van der Waals surface area contributed by atoms with E-state index in [1.165, 1.54) is 11.3 Å². The highest BCUT2D eigenvalue weighted by Crippen LogP contribution is 2.24. The van der Waals surface area contributed by atoms with Gasteiger partial charge in [0.1, 0.15) is 0 Å². The first-order chi connectivity index (χ1) is 7.29. The number of hydrogen-bond acceptors (Lipinski definition) is 2. The Balaban J connectivity index is 2.34. The molecule has 0 aliphatic heterocycles. The zero-order valence-electron chi connectivity index (χ0n) is 7.77. The highest BCUT2D eigenvalue weighted by Gasteiger charge is 2.05. The molecule has 0 bridgehead atoms. The molecule has 0 amide bonds. The van der Waals surface area contributed by atoms with Crippen LogP contribution in [0.2, 0.25) is 5.02 Å². The van der Waals surface area contributed by atoms with Crippen LogP contribution in [0.3, 0.4) is 0 Å². The van der Waals surface area contributed by atoms with Crippen LogP contribution in [0.4, 0.5) is 0 Å². The van der Waals surface area contributed by atoms with Crippen molar-refractivity contribution in [1.29, 1.82) is 0 Å². The Morgan fingerprint density at radius 1 is 1.47 bits per heavy atom. The van der Waals surface area contributed by atoms with Gasteiger partial charge in [0.2, 0.25) is 0 Å². The highest BCUT2D eigenvalue weighted by atomic mass is 35.5. The molecule has 0 radical (unpaired) electrons. The predicted octanol–water partition coefficient (Wildman–Crippen LogP) is 3.88. The summed E-state index contributed by atoms with van der Waals surface area (Å²) in [6.45, 7) is 7.11. The Kier molecular flexibility index (Phi) is 3.00. The van der Waals surface area contributed by atoms with Crippen LogP contribution in [-0.4, -0.2) is 4.98 Å². The zero-order chi connectivity index (χ0) is 10.7. The van der Waals surface area contributed by atoms with Gasteiger partial charge in [0, 0.05) is 16.0 Å². The summed E-state index contributed by atoms with van der Waals surface area (Å²) in [5.41, 5.74) is 1.89. The molecule has 74 valence electrons. The van der Waals surface area contributed by atoms with Gasteiger partial charge < -0.3 is 4.85 Å². The molecule has 0 saturated carbocycles. The quantitative estimate of drug-likeness (QED) is 0.721. The Morgan fingerprint density at radius 2 is 2.33 bits per heavy atom. The molecule has 1 aromatic heterocycles. The summed E-state index contributed by atoms with van der Waals surface area (Å²) in [6.07, 6.45) is 0. The van der Waals surface area contributed by atoms with Gasteiger partial charge in [-0.25, -0.2) is 11.6 Å². The average Bonchev–Trinajstić information content (AvgIpc) is 2.67. The molecular formula is C11H7ClN2S. The predicted molar refractivity (Wildman–Crippen MR) is 62.9 cm³/mol. The van der Waals surface area contributed by atoms with E-state index in [4.69, 9.17) is 18.2 Å². The Bertz CT molecular complexity index is 513. The zero-order valence-corrected chi connectivity index (χ0v) is 9.35. The van der Waals surface area contributed by atoms with E-state index in [9.17, 15) is 0 Å². The summed E-state index contributed by atoms with van der Waals surface area (Å²) in [5, 5.41) is 3.50.